The minimum absolute atomic E-state index is 0.00254. The van der Waals surface area contributed by atoms with Crippen LogP contribution in [0.15, 0.2) is 11.6 Å². The largest absolute Gasteiger partial charge is 0.390 e. The minimum Gasteiger partial charge on any atom is -0.390 e. The summed E-state index contributed by atoms with van der Waals surface area (Å²) in [6.07, 6.45) is 4.67. The van der Waals surface area contributed by atoms with Gasteiger partial charge in [-0.25, -0.2) is 0 Å². The molecule has 3 N–H and O–H groups in total. The summed E-state index contributed by atoms with van der Waals surface area (Å²) in [5.41, 5.74) is -1.69. The zero-order valence-electron chi connectivity index (χ0n) is 24.2. The summed E-state index contributed by atoms with van der Waals surface area (Å²) in [5, 5.41) is 33.5. The lowest BCUT2D eigenvalue weighted by Crippen LogP contribution is -2.62. The van der Waals surface area contributed by atoms with Gasteiger partial charge in [-0.15, -0.1) is 0 Å². The third-order valence-corrected chi connectivity index (χ3v) is 12.1. The van der Waals surface area contributed by atoms with Crippen LogP contribution in [0.1, 0.15) is 100 Å². The summed E-state index contributed by atoms with van der Waals surface area (Å²) >= 11 is 0. The van der Waals surface area contributed by atoms with Crippen molar-refractivity contribution in [1.29, 1.82) is 0 Å². The molecule has 0 aromatic heterocycles. The number of fused-ring (bicyclic) bond motifs is 5. The Labute approximate surface area is 223 Å². The predicted octanol–water partition coefficient (Wildman–Crippen LogP) is 4.78. The molecular weight excluding hydrogens is 468 g/mol. The first-order valence-electron chi connectivity index (χ1n) is 14.7. The molecule has 0 aromatic carbocycles. The number of aliphatic hydroxyl groups excluding tert-OH is 2. The van der Waals surface area contributed by atoms with Crippen molar-refractivity contribution in [1.82, 2.24) is 0 Å². The Bertz CT molecular complexity index is 973. The third-order valence-electron chi connectivity index (χ3n) is 12.1. The Morgan fingerprint density at radius 1 is 1.00 bits per heavy atom. The number of ketones is 1. The minimum atomic E-state index is -1.10. The fourth-order valence-corrected chi connectivity index (χ4v) is 9.56. The molecule has 6 nitrogen and oxygen atoms in total. The molecule has 5 rings (SSSR count). The summed E-state index contributed by atoms with van der Waals surface area (Å²) in [4.78, 5) is 13.5. The van der Waals surface area contributed by atoms with Crippen LogP contribution in [0.3, 0.4) is 0 Å². The monoisotopic (exact) mass is 518 g/mol. The number of carbonyl (C=O) groups excluding carboxylic acids is 1. The van der Waals surface area contributed by atoms with E-state index in [-0.39, 0.29) is 29.6 Å². The van der Waals surface area contributed by atoms with Gasteiger partial charge in [-0.05, 0) is 106 Å². The molecule has 0 spiro atoms. The van der Waals surface area contributed by atoms with E-state index in [1.165, 1.54) is 0 Å². The lowest BCUT2D eigenvalue weighted by molar-refractivity contribution is -0.191. The van der Waals surface area contributed by atoms with Crippen molar-refractivity contribution >= 4 is 5.78 Å². The topological polar surface area (TPSA) is 96.2 Å². The first kappa shape index (κ1) is 27.8. The fourth-order valence-electron chi connectivity index (χ4n) is 9.56. The highest BCUT2D eigenvalue weighted by Gasteiger charge is 2.71. The number of aliphatic hydroxyl groups is 3. The molecule has 0 aromatic rings. The third kappa shape index (κ3) is 3.87. The van der Waals surface area contributed by atoms with E-state index in [1.807, 2.05) is 13.8 Å². The van der Waals surface area contributed by atoms with E-state index >= 15 is 0 Å². The van der Waals surface area contributed by atoms with Gasteiger partial charge < -0.3 is 24.8 Å². The standard InChI is InChI=1S/C31H50O6/c1-17(2)18(3)13-26-30(8,37-27(4,5)36-26)25-10-12-31(35)20-14-22(32)21-15-23(33)24(34)16-28(21,6)19(20)9-11-29(25,31)7/h14,17-19,21,23-26,33-35H,9-13,15-16H2,1-8H3/t18-,19+,21+,23-,24+,25+,26-,28-,29-,30-,31-/m1/s1. The van der Waals surface area contributed by atoms with Crippen molar-refractivity contribution in [3.05, 3.63) is 11.6 Å². The van der Waals surface area contributed by atoms with Crippen LogP contribution in [0.25, 0.3) is 0 Å². The summed E-state index contributed by atoms with van der Waals surface area (Å²) < 4.78 is 13.3. The Hall–Kier alpha value is -0.790. The highest BCUT2D eigenvalue weighted by Crippen LogP contribution is 2.70. The second-order valence-electron chi connectivity index (χ2n) is 14.8. The molecule has 0 unspecified atom stereocenters. The first-order valence-corrected chi connectivity index (χ1v) is 14.7. The van der Waals surface area contributed by atoms with Crippen molar-refractivity contribution in [2.45, 2.75) is 136 Å². The Morgan fingerprint density at radius 2 is 1.68 bits per heavy atom. The molecule has 0 amide bonds. The Balaban J connectivity index is 1.52. The van der Waals surface area contributed by atoms with Crippen molar-refractivity contribution in [3.63, 3.8) is 0 Å². The van der Waals surface area contributed by atoms with Crippen molar-refractivity contribution in [3.8, 4) is 0 Å². The van der Waals surface area contributed by atoms with Crippen LogP contribution in [0, 0.1) is 40.4 Å². The summed E-state index contributed by atoms with van der Waals surface area (Å²) in [6.45, 7) is 17.3. The molecule has 6 heteroatoms. The average molecular weight is 519 g/mol. The van der Waals surface area contributed by atoms with Gasteiger partial charge >= 0.3 is 0 Å². The van der Waals surface area contributed by atoms with Crippen LogP contribution >= 0.6 is 0 Å². The summed E-state index contributed by atoms with van der Waals surface area (Å²) in [7, 11) is 0. The highest BCUT2D eigenvalue weighted by molar-refractivity contribution is 5.95. The second kappa shape index (κ2) is 8.60. The zero-order valence-corrected chi connectivity index (χ0v) is 24.2. The zero-order chi connectivity index (χ0) is 27.3. The quantitative estimate of drug-likeness (QED) is 0.496. The van der Waals surface area contributed by atoms with Gasteiger partial charge in [0.15, 0.2) is 11.6 Å². The average Bonchev–Trinajstić information content (AvgIpc) is 3.19. The van der Waals surface area contributed by atoms with E-state index in [1.54, 1.807) is 6.08 Å². The SMILES string of the molecule is CC(C)[C@H](C)C[C@H]1OC(C)(C)O[C@]1(C)[C@H]1CC[C@@]2(O)C3=CC(=O)[C@@H]4C[C@@H](O)[C@@H](O)C[C@]4(C)[C@H]3CC[C@]12C. The molecule has 37 heavy (non-hydrogen) atoms. The van der Waals surface area contributed by atoms with E-state index in [0.29, 0.717) is 31.1 Å². The number of hydrogen-bond donors (Lipinski definition) is 3. The van der Waals surface area contributed by atoms with Crippen LogP contribution < -0.4 is 0 Å². The summed E-state index contributed by atoms with van der Waals surface area (Å²) in [6, 6.07) is 0. The first-order chi connectivity index (χ1) is 17.0. The molecule has 5 aliphatic rings. The van der Waals surface area contributed by atoms with E-state index in [4.69, 9.17) is 9.47 Å². The van der Waals surface area contributed by atoms with Gasteiger partial charge in [0.1, 0.15) is 0 Å². The number of ether oxygens (including phenoxy) is 2. The molecule has 0 bridgehead atoms. The van der Waals surface area contributed by atoms with Gasteiger partial charge in [-0.2, -0.15) is 0 Å². The van der Waals surface area contributed by atoms with E-state index in [9.17, 15) is 20.1 Å². The predicted molar refractivity (Wildman–Crippen MR) is 142 cm³/mol. The second-order valence-corrected chi connectivity index (χ2v) is 14.8. The van der Waals surface area contributed by atoms with Gasteiger partial charge in [0.25, 0.3) is 0 Å². The van der Waals surface area contributed by atoms with Crippen LogP contribution in [-0.2, 0) is 14.3 Å². The molecule has 1 saturated heterocycles. The number of carbonyl (C=O) groups is 1. The lowest BCUT2D eigenvalue weighted by Gasteiger charge is -2.60. The maximum Gasteiger partial charge on any atom is 0.164 e. The molecule has 4 aliphatic carbocycles. The number of hydrogen-bond acceptors (Lipinski definition) is 6. The van der Waals surface area contributed by atoms with Crippen LogP contribution in [-0.4, -0.2) is 56.4 Å². The van der Waals surface area contributed by atoms with Gasteiger partial charge in [0, 0.05) is 11.3 Å². The maximum atomic E-state index is 13.5. The normalized spacial score (nSPS) is 51.9. The molecule has 210 valence electrons. The Morgan fingerprint density at radius 3 is 2.32 bits per heavy atom. The van der Waals surface area contributed by atoms with Gasteiger partial charge in [-0.1, -0.05) is 34.6 Å². The van der Waals surface area contributed by atoms with Gasteiger partial charge in [0.2, 0.25) is 0 Å². The van der Waals surface area contributed by atoms with Crippen molar-refractivity contribution in [2.24, 2.45) is 40.4 Å². The highest BCUT2D eigenvalue weighted by atomic mass is 16.8. The molecule has 1 heterocycles. The van der Waals surface area contributed by atoms with E-state index < -0.39 is 40.0 Å². The van der Waals surface area contributed by atoms with Crippen LogP contribution in [0.2, 0.25) is 0 Å². The van der Waals surface area contributed by atoms with Gasteiger partial charge in [-0.3, -0.25) is 4.79 Å². The molecule has 11 atom stereocenters. The maximum absolute atomic E-state index is 13.5. The number of rotatable bonds is 4. The molecular formula is C31H50O6. The van der Waals surface area contributed by atoms with E-state index in [2.05, 4.69) is 41.5 Å². The molecule has 4 fully saturated rings. The summed E-state index contributed by atoms with van der Waals surface area (Å²) in [5.74, 6) is 0.125. The van der Waals surface area contributed by atoms with Crippen molar-refractivity contribution in [2.75, 3.05) is 0 Å². The Kier molecular flexibility index (Phi) is 6.46. The van der Waals surface area contributed by atoms with Gasteiger partial charge in [0.05, 0.1) is 29.5 Å². The van der Waals surface area contributed by atoms with Crippen molar-refractivity contribution < 1.29 is 29.6 Å². The molecule has 1 aliphatic heterocycles. The fraction of sp³-hybridized carbons (Fsp3) is 0.903. The van der Waals surface area contributed by atoms with E-state index in [0.717, 1.165) is 31.3 Å². The number of allylic oxidation sites excluding steroid dienone is 1. The molecule has 0 radical (unpaired) electrons. The van der Waals surface area contributed by atoms with Crippen LogP contribution in [0.5, 0.6) is 0 Å². The molecule has 3 saturated carbocycles. The smallest absolute Gasteiger partial charge is 0.164 e. The lowest BCUT2D eigenvalue weighted by atomic mass is 9.45. The van der Waals surface area contributed by atoms with Crippen LogP contribution in [0.4, 0.5) is 0 Å².